The van der Waals surface area contributed by atoms with Gasteiger partial charge in [-0.3, -0.25) is 10.1 Å². The highest BCUT2D eigenvalue weighted by Gasteiger charge is 2.39. The quantitative estimate of drug-likeness (QED) is 0.668. The Morgan fingerprint density at radius 3 is 3.05 bits per heavy atom. The fraction of sp³-hybridized carbons (Fsp3) is 0.643. The Morgan fingerprint density at radius 1 is 1.48 bits per heavy atom. The molecule has 1 N–H and O–H groups in total. The second kappa shape index (κ2) is 5.95. The molecular weight excluding hydrogens is 274 g/mol. The Bertz CT molecular complexity index is 525. The molecule has 1 aliphatic carbocycles. The number of anilines is 1. The minimum absolute atomic E-state index is 0.0110. The number of nitro groups is 1. The van der Waals surface area contributed by atoms with Gasteiger partial charge in [0.2, 0.25) is 5.82 Å². The molecule has 1 aromatic rings. The van der Waals surface area contributed by atoms with Gasteiger partial charge in [0.1, 0.15) is 0 Å². The Balaban J connectivity index is 1.93. The van der Waals surface area contributed by atoms with E-state index in [1.807, 2.05) is 4.90 Å². The molecule has 1 aromatic heterocycles. The third-order valence-corrected chi connectivity index (χ3v) is 4.43. The van der Waals surface area contributed by atoms with Crippen LogP contribution in [0.5, 0.6) is 0 Å². The average molecular weight is 293 g/mol. The van der Waals surface area contributed by atoms with Crippen LogP contribution in [0.15, 0.2) is 18.3 Å². The zero-order valence-electron chi connectivity index (χ0n) is 11.7. The molecule has 0 bridgehead atoms. The van der Waals surface area contributed by atoms with E-state index < -0.39 is 4.92 Å². The van der Waals surface area contributed by atoms with Crippen LogP contribution < -0.4 is 4.90 Å². The first-order valence-electron chi connectivity index (χ1n) is 7.30. The molecule has 1 saturated heterocycles. The Hall–Kier alpha value is -1.73. The topological polar surface area (TPSA) is 88.7 Å². The number of nitrogens with zero attached hydrogens (tertiary/aromatic N) is 3. The molecule has 1 aliphatic heterocycles. The van der Waals surface area contributed by atoms with E-state index in [4.69, 9.17) is 4.74 Å². The second-order valence-electron chi connectivity index (χ2n) is 5.60. The van der Waals surface area contributed by atoms with E-state index in [0.29, 0.717) is 25.6 Å². The van der Waals surface area contributed by atoms with Crippen molar-refractivity contribution in [3.8, 4) is 0 Å². The van der Waals surface area contributed by atoms with Gasteiger partial charge in [-0.05, 0) is 18.9 Å². The molecule has 0 aromatic carbocycles. The SMILES string of the molecule is O=[N+]([O-])c1cccnc1N1CCOCC1C1CCCC1O. The first kappa shape index (κ1) is 14.2. The summed E-state index contributed by atoms with van der Waals surface area (Å²) in [5.41, 5.74) is 0.0110. The number of hydrogen-bond donors (Lipinski definition) is 1. The molecule has 2 heterocycles. The van der Waals surface area contributed by atoms with Gasteiger partial charge in [-0.1, -0.05) is 6.42 Å². The minimum atomic E-state index is -0.403. The van der Waals surface area contributed by atoms with Crippen molar-refractivity contribution in [2.24, 2.45) is 5.92 Å². The fourth-order valence-corrected chi connectivity index (χ4v) is 3.41. The smallest absolute Gasteiger partial charge is 0.311 e. The lowest BCUT2D eigenvalue weighted by Gasteiger charge is -2.40. The molecule has 0 spiro atoms. The third-order valence-electron chi connectivity index (χ3n) is 4.43. The number of morpholine rings is 1. The fourth-order valence-electron chi connectivity index (χ4n) is 3.41. The van der Waals surface area contributed by atoms with E-state index in [-0.39, 0.29) is 23.8 Å². The van der Waals surface area contributed by atoms with Gasteiger partial charge in [0.15, 0.2) is 0 Å². The summed E-state index contributed by atoms with van der Waals surface area (Å²) in [4.78, 5) is 17.0. The average Bonchev–Trinajstić information content (AvgIpc) is 2.93. The van der Waals surface area contributed by atoms with E-state index in [2.05, 4.69) is 4.98 Å². The molecule has 2 fully saturated rings. The monoisotopic (exact) mass is 293 g/mol. The maximum Gasteiger partial charge on any atom is 0.311 e. The van der Waals surface area contributed by atoms with Crippen LogP contribution in [0, 0.1) is 16.0 Å². The van der Waals surface area contributed by atoms with Crippen molar-refractivity contribution in [3.05, 3.63) is 28.4 Å². The van der Waals surface area contributed by atoms with Crippen molar-refractivity contribution in [2.75, 3.05) is 24.7 Å². The van der Waals surface area contributed by atoms with Crippen molar-refractivity contribution in [2.45, 2.75) is 31.4 Å². The Kier molecular flexibility index (Phi) is 4.03. The molecule has 0 radical (unpaired) electrons. The van der Waals surface area contributed by atoms with Gasteiger partial charge in [0, 0.05) is 24.7 Å². The highest BCUT2D eigenvalue weighted by atomic mass is 16.6. The predicted octanol–water partition coefficient (Wildman–Crippen LogP) is 1.36. The molecule has 0 amide bonds. The van der Waals surface area contributed by atoms with Gasteiger partial charge < -0.3 is 14.7 Å². The third kappa shape index (κ3) is 2.71. The summed E-state index contributed by atoms with van der Waals surface area (Å²) >= 11 is 0. The maximum absolute atomic E-state index is 11.2. The maximum atomic E-state index is 11.2. The Morgan fingerprint density at radius 2 is 2.33 bits per heavy atom. The summed E-state index contributed by atoms with van der Waals surface area (Å²) in [6, 6.07) is 2.99. The number of aliphatic hydroxyl groups excluding tert-OH is 1. The largest absolute Gasteiger partial charge is 0.393 e. The van der Waals surface area contributed by atoms with Crippen molar-refractivity contribution in [1.82, 2.24) is 4.98 Å². The van der Waals surface area contributed by atoms with Crippen LogP contribution in [-0.4, -0.2) is 46.9 Å². The van der Waals surface area contributed by atoms with Crippen LogP contribution in [-0.2, 0) is 4.74 Å². The lowest BCUT2D eigenvalue weighted by molar-refractivity contribution is -0.384. The molecule has 3 atom stereocenters. The van der Waals surface area contributed by atoms with Crippen molar-refractivity contribution in [3.63, 3.8) is 0 Å². The number of pyridine rings is 1. The molecule has 7 heteroatoms. The first-order valence-corrected chi connectivity index (χ1v) is 7.30. The van der Waals surface area contributed by atoms with Crippen LogP contribution >= 0.6 is 0 Å². The van der Waals surface area contributed by atoms with Crippen LogP contribution in [0.3, 0.4) is 0 Å². The van der Waals surface area contributed by atoms with Gasteiger partial charge >= 0.3 is 5.69 Å². The second-order valence-corrected chi connectivity index (χ2v) is 5.60. The van der Waals surface area contributed by atoms with Crippen molar-refractivity contribution < 1.29 is 14.8 Å². The zero-order chi connectivity index (χ0) is 14.8. The van der Waals surface area contributed by atoms with Gasteiger partial charge in [0.25, 0.3) is 0 Å². The lowest BCUT2D eigenvalue weighted by Crippen LogP contribution is -2.51. The summed E-state index contributed by atoms with van der Waals surface area (Å²) < 4.78 is 5.54. The summed E-state index contributed by atoms with van der Waals surface area (Å²) in [5, 5.41) is 21.4. The first-order chi connectivity index (χ1) is 10.2. The zero-order valence-corrected chi connectivity index (χ0v) is 11.7. The van der Waals surface area contributed by atoms with Crippen LogP contribution in [0.1, 0.15) is 19.3 Å². The van der Waals surface area contributed by atoms with Crippen molar-refractivity contribution >= 4 is 11.5 Å². The summed E-state index contributed by atoms with van der Waals surface area (Å²) in [7, 11) is 0. The lowest BCUT2D eigenvalue weighted by atomic mass is 9.94. The molecule has 114 valence electrons. The van der Waals surface area contributed by atoms with Gasteiger partial charge in [-0.15, -0.1) is 0 Å². The predicted molar refractivity (Wildman–Crippen MR) is 76.2 cm³/mol. The number of hydrogen-bond acceptors (Lipinski definition) is 6. The van der Waals surface area contributed by atoms with Gasteiger partial charge in [-0.25, -0.2) is 4.98 Å². The molecule has 3 unspecified atom stereocenters. The van der Waals surface area contributed by atoms with E-state index in [9.17, 15) is 15.2 Å². The van der Waals surface area contributed by atoms with Gasteiger partial charge in [0.05, 0.1) is 30.3 Å². The van der Waals surface area contributed by atoms with E-state index in [1.54, 1.807) is 12.3 Å². The van der Waals surface area contributed by atoms with Gasteiger partial charge in [-0.2, -0.15) is 0 Å². The number of aliphatic hydroxyl groups is 1. The standard InChI is InChI=1S/C14H19N3O4/c18-13-5-1-3-10(13)12-9-21-8-7-16(12)14-11(17(19)20)4-2-6-15-14/h2,4,6,10,12-13,18H,1,3,5,7-9H2. The van der Waals surface area contributed by atoms with Crippen LogP contribution in [0.25, 0.3) is 0 Å². The molecule has 7 nitrogen and oxygen atoms in total. The summed E-state index contributed by atoms with van der Waals surface area (Å²) in [6.45, 7) is 1.56. The normalized spacial score (nSPS) is 29.6. The van der Waals surface area contributed by atoms with Crippen LogP contribution in [0.4, 0.5) is 11.5 Å². The van der Waals surface area contributed by atoms with Crippen molar-refractivity contribution in [1.29, 1.82) is 0 Å². The highest BCUT2D eigenvalue weighted by Crippen LogP contribution is 2.36. The molecular formula is C14H19N3O4. The van der Waals surface area contributed by atoms with E-state index in [0.717, 1.165) is 19.3 Å². The number of ether oxygens (including phenoxy) is 1. The number of rotatable bonds is 3. The molecule has 3 rings (SSSR count). The van der Waals surface area contributed by atoms with E-state index >= 15 is 0 Å². The van der Waals surface area contributed by atoms with E-state index in [1.165, 1.54) is 6.07 Å². The highest BCUT2D eigenvalue weighted by molar-refractivity contribution is 5.58. The molecule has 2 aliphatic rings. The molecule has 1 saturated carbocycles. The summed E-state index contributed by atoms with van der Waals surface area (Å²) in [5.74, 6) is 0.474. The Labute approximate surface area is 122 Å². The summed E-state index contributed by atoms with van der Waals surface area (Å²) in [6.07, 6.45) is 3.91. The van der Waals surface area contributed by atoms with Crippen LogP contribution in [0.2, 0.25) is 0 Å². The minimum Gasteiger partial charge on any atom is -0.393 e. The number of aromatic nitrogens is 1. The molecule has 21 heavy (non-hydrogen) atoms.